The van der Waals surface area contributed by atoms with Crippen molar-refractivity contribution in [2.45, 2.75) is 6.18 Å². The van der Waals surface area contributed by atoms with Gasteiger partial charge < -0.3 is 10.5 Å². The van der Waals surface area contributed by atoms with E-state index in [1.54, 1.807) is 0 Å². The van der Waals surface area contributed by atoms with E-state index >= 15 is 0 Å². The predicted octanol–water partition coefficient (Wildman–Crippen LogP) is 3.18. The van der Waals surface area contributed by atoms with Crippen LogP contribution in [-0.4, -0.2) is 10.8 Å². The standard InChI is InChI=1S/C13H10F3N3O/c14-13(15,16)8-3-1-4-9(7-8)20-10-5-2-6-19-11(10)12(17)18/h1-7H,(H3,17,18). The molecule has 2 aromatic rings. The molecule has 3 N–H and O–H groups in total. The maximum absolute atomic E-state index is 12.6. The van der Waals surface area contributed by atoms with Crippen molar-refractivity contribution in [1.82, 2.24) is 4.98 Å². The monoisotopic (exact) mass is 281 g/mol. The number of hydrogen-bond acceptors (Lipinski definition) is 3. The second-order valence-corrected chi connectivity index (χ2v) is 3.89. The van der Waals surface area contributed by atoms with Crippen LogP contribution in [0.1, 0.15) is 11.3 Å². The van der Waals surface area contributed by atoms with Gasteiger partial charge >= 0.3 is 6.18 Å². The molecule has 0 radical (unpaired) electrons. The zero-order chi connectivity index (χ0) is 14.8. The molecule has 0 aliphatic heterocycles. The van der Waals surface area contributed by atoms with Gasteiger partial charge in [0.15, 0.2) is 5.75 Å². The molecule has 2 rings (SSSR count). The number of amidine groups is 1. The summed E-state index contributed by atoms with van der Waals surface area (Å²) in [5.41, 5.74) is 4.59. The third kappa shape index (κ3) is 3.05. The molecule has 0 atom stereocenters. The van der Waals surface area contributed by atoms with Crippen LogP contribution in [0.4, 0.5) is 13.2 Å². The number of nitrogen functional groups attached to an aromatic ring is 1. The van der Waals surface area contributed by atoms with Gasteiger partial charge in [0.1, 0.15) is 17.3 Å². The fourth-order valence-corrected chi connectivity index (χ4v) is 1.54. The van der Waals surface area contributed by atoms with Gasteiger partial charge in [-0.1, -0.05) is 6.07 Å². The number of nitrogens with two attached hydrogens (primary N) is 1. The van der Waals surface area contributed by atoms with Gasteiger partial charge in [-0.2, -0.15) is 13.2 Å². The predicted molar refractivity (Wildman–Crippen MR) is 66.8 cm³/mol. The number of pyridine rings is 1. The molecule has 7 heteroatoms. The summed E-state index contributed by atoms with van der Waals surface area (Å²) in [5.74, 6) is -0.206. The largest absolute Gasteiger partial charge is 0.455 e. The molecule has 0 spiro atoms. The number of ether oxygens (including phenoxy) is 1. The number of nitrogens with zero attached hydrogens (tertiary/aromatic N) is 1. The zero-order valence-electron chi connectivity index (χ0n) is 10.1. The third-order valence-electron chi connectivity index (χ3n) is 2.41. The van der Waals surface area contributed by atoms with Crippen LogP contribution in [0.3, 0.4) is 0 Å². The molecule has 0 aliphatic carbocycles. The average molecular weight is 281 g/mol. The van der Waals surface area contributed by atoms with Crippen molar-refractivity contribution in [3.05, 3.63) is 53.9 Å². The van der Waals surface area contributed by atoms with Crippen LogP contribution in [0.5, 0.6) is 11.5 Å². The van der Waals surface area contributed by atoms with Crippen LogP contribution in [-0.2, 0) is 6.18 Å². The molecule has 0 amide bonds. The second-order valence-electron chi connectivity index (χ2n) is 3.89. The van der Waals surface area contributed by atoms with Crippen molar-refractivity contribution in [3.63, 3.8) is 0 Å². The van der Waals surface area contributed by atoms with E-state index in [4.69, 9.17) is 15.9 Å². The molecule has 0 unspecified atom stereocenters. The summed E-state index contributed by atoms with van der Waals surface area (Å²) in [7, 11) is 0. The van der Waals surface area contributed by atoms with Crippen molar-refractivity contribution in [2.75, 3.05) is 0 Å². The summed E-state index contributed by atoms with van der Waals surface area (Å²) < 4.78 is 43.1. The molecular formula is C13H10F3N3O. The first-order valence-corrected chi connectivity index (χ1v) is 5.52. The Hall–Kier alpha value is -2.57. The number of nitrogens with one attached hydrogen (secondary N) is 1. The fourth-order valence-electron chi connectivity index (χ4n) is 1.54. The van der Waals surface area contributed by atoms with Gasteiger partial charge in [-0.3, -0.25) is 5.41 Å². The Balaban J connectivity index is 2.34. The van der Waals surface area contributed by atoms with E-state index in [0.717, 1.165) is 12.1 Å². The summed E-state index contributed by atoms with van der Waals surface area (Å²) in [5, 5.41) is 7.34. The van der Waals surface area contributed by atoms with Crippen LogP contribution < -0.4 is 10.5 Å². The zero-order valence-corrected chi connectivity index (χ0v) is 10.1. The Morgan fingerprint density at radius 2 is 1.95 bits per heavy atom. The van der Waals surface area contributed by atoms with Gasteiger partial charge in [0, 0.05) is 6.20 Å². The molecule has 1 aromatic carbocycles. The SMILES string of the molecule is N=C(N)c1ncccc1Oc1cccc(C(F)(F)F)c1. The third-order valence-corrected chi connectivity index (χ3v) is 2.41. The molecule has 0 saturated carbocycles. The molecule has 104 valence electrons. The molecule has 1 heterocycles. The Kier molecular flexibility index (Phi) is 3.60. The highest BCUT2D eigenvalue weighted by Gasteiger charge is 2.30. The minimum absolute atomic E-state index is 0.00433. The molecule has 0 bridgehead atoms. The van der Waals surface area contributed by atoms with E-state index in [1.165, 1.54) is 30.5 Å². The van der Waals surface area contributed by atoms with E-state index in [9.17, 15) is 13.2 Å². The summed E-state index contributed by atoms with van der Waals surface area (Å²) in [6, 6.07) is 7.45. The van der Waals surface area contributed by atoms with Gasteiger partial charge in [-0.05, 0) is 30.3 Å². The van der Waals surface area contributed by atoms with Crippen LogP contribution in [0.15, 0.2) is 42.6 Å². The maximum atomic E-state index is 12.6. The van der Waals surface area contributed by atoms with E-state index < -0.39 is 11.7 Å². The highest BCUT2D eigenvalue weighted by atomic mass is 19.4. The van der Waals surface area contributed by atoms with Gasteiger partial charge in [-0.25, -0.2) is 4.98 Å². The number of aromatic nitrogens is 1. The maximum Gasteiger partial charge on any atom is 0.416 e. The smallest absolute Gasteiger partial charge is 0.416 e. The lowest BCUT2D eigenvalue weighted by Gasteiger charge is -2.11. The molecule has 0 aliphatic rings. The summed E-state index contributed by atoms with van der Waals surface area (Å²) >= 11 is 0. The van der Waals surface area contributed by atoms with E-state index in [0.29, 0.717) is 0 Å². The van der Waals surface area contributed by atoms with Crippen molar-refractivity contribution in [3.8, 4) is 11.5 Å². The van der Waals surface area contributed by atoms with E-state index in [1.807, 2.05) is 0 Å². The Morgan fingerprint density at radius 1 is 1.20 bits per heavy atom. The number of halogens is 3. The quantitative estimate of drug-likeness (QED) is 0.670. The van der Waals surface area contributed by atoms with Crippen LogP contribution in [0.2, 0.25) is 0 Å². The number of rotatable bonds is 3. The van der Waals surface area contributed by atoms with E-state index in [2.05, 4.69) is 4.98 Å². The minimum Gasteiger partial charge on any atom is -0.455 e. The second kappa shape index (κ2) is 5.20. The molecule has 0 fully saturated rings. The molecular weight excluding hydrogens is 271 g/mol. The Morgan fingerprint density at radius 3 is 2.60 bits per heavy atom. The summed E-state index contributed by atoms with van der Waals surface area (Å²) in [4.78, 5) is 3.85. The Bertz CT molecular complexity index is 641. The normalized spacial score (nSPS) is 11.2. The van der Waals surface area contributed by atoms with Crippen molar-refractivity contribution in [2.24, 2.45) is 5.73 Å². The van der Waals surface area contributed by atoms with Gasteiger partial charge in [0.05, 0.1) is 5.56 Å². The van der Waals surface area contributed by atoms with Crippen molar-refractivity contribution >= 4 is 5.84 Å². The van der Waals surface area contributed by atoms with Crippen LogP contribution in [0, 0.1) is 5.41 Å². The molecule has 1 aromatic heterocycles. The number of hydrogen-bond donors (Lipinski definition) is 2. The van der Waals surface area contributed by atoms with E-state index in [-0.39, 0.29) is 23.0 Å². The lowest BCUT2D eigenvalue weighted by Crippen LogP contribution is -2.14. The van der Waals surface area contributed by atoms with Crippen LogP contribution in [0.25, 0.3) is 0 Å². The Labute approximate surface area is 112 Å². The first-order chi connectivity index (χ1) is 9.38. The molecule has 4 nitrogen and oxygen atoms in total. The van der Waals surface area contributed by atoms with Crippen LogP contribution >= 0.6 is 0 Å². The summed E-state index contributed by atoms with van der Waals surface area (Å²) in [6.07, 6.45) is -3.03. The first kappa shape index (κ1) is 13.9. The van der Waals surface area contributed by atoms with Gasteiger partial charge in [0.2, 0.25) is 0 Å². The van der Waals surface area contributed by atoms with Gasteiger partial charge in [-0.15, -0.1) is 0 Å². The lowest BCUT2D eigenvalue weighted by molar-refractivity contribution is -0.137. The highest BCUT2D eigenvalue weighted by molar-refractivity contribution is 5.95. The topological polar surface area (TPSA) is 72.0 Å². The number of benzene rings is 1. The van der Waals surface area contributed by atoms with Crippen molar-refractivity contribution in [1.29, 1.82) is 5.41 Å². The molecule has 0 saturated heterocycles. The average Bonchev–Trinajstić information content (AvgIpc) is 2.38. The minimum atomic E-state index is -4.45. The highest BCUT2D eigenvalue weighted by Crippen LogP contribution is 2.33. The first-order valence-electron chi connectivity index (χ1n) is 5.52. The van der Waals surface area contributed by atoms with Gasteiger partial charge in [0.25, 0.3) is 0 Å². The molecule has 20 heavy (non-hydrogen) atoms. The summed E-state index contributed by atoms with van der Waals surface area (Å²) in [6.45, 7) is 0. The fraction of sp³-hybridized carbons (Fsp3) is 0.0769. The lowest BCUT2D eigenvalue weighted by atomic mass is 10.2. The van der Waals surface area contributed by atoms with Crippen molar-refractivity contribution < 1.29 is 17.9 Å². The number of alkyl halides is 3.